The second kappa shape index (κ2) is 8.23. The van der Waals surface area contributed by atoms with Crippen LogP contribution in [0.2, 0.25) is 0 Å². The van der Waals surface area contributed by atoms with Gasteiger partial charge in [0.1, 0.15) is 17.5 Å². The first kappa shape index (κ1) is 20.3. The maximum Gasteiger partial charge on any atom is 0.154 e. The molecule has 2 fully saturated rings. The molecule has 0 bridgehead atoms. The highest BCUT2D eigenvalue weighted by Crippen LogP contribution is 2.44. The van der Waals surface area contributed by atoms with Crippen molar-refractivity contribution in [3.05, 3.63) is 83.6 Å². The van der Waals surface area contributed by atoms with Crippen LogP contribution in [0.1, 0.15) is 30.0 Å². The Morgan fingerprint density at radius 2 is 1.45 bits per heavy atom. The molecule has 4 aromatic rings. The van der Waals surface area contributed by atoms with E-state index in [1.807, 2.05) is 28.8 Å². The molecule has 7 heteroatoms. The van der Waals surface area contributed by atoms with Gasteiger partial charge < -0.3 is 4.90 Å². The van der Waals surface area contributed by atoms with E-state index in [9.17, 15) is 8.78 Å². The van der Waals surface area contributed by atoms with Gasteiger partial charge in [0.05, 0.1) is 11.4 Å². The lowest BCUT2D eigenvalue weighted by molar-refractivity contribution is 0.249. The van der Waals surface area contributed by atoms with Gasteiger partial charge in [-0.2, -0.15) is 0 Å². The summed E-state index contributed by atoms with van der Waals surface area (Å²) in [7, 11) is 0. The molecule has 0 spiro atoms. The number of piperazine rings is 1. The number of hydrogen-bond donors (Lipinski definition) is 0. The highest BCUT2D eigenvalue weighted by atomic mass is 19.1. The summed E-state index contributed by atoms with van der Waals surface area (Å²) in [5, 5.41) is 4.99. The van der Waals surface area contributed by atoms with Gasteiger partial charge in [-0.15, -0.1) is 5.10 Å². The summed E-state index contributed by atoms with van der Waals surface area (Å²) in [4.78, 5) is 9.55. The van der Waals surface area contributed by atoms with Gasteiger partial charge in [0, 0.05) is 44.2 Å². The van der Waals surface area contributed by atoms with Gasteiger partial charge in [0.2, 0.25) is 0 Å². The number of imidazole rings is 1. The summed E-state index contributed by atoms with van der Waals surface area (Å²) in [6, 6.07) is 17.4. The van der Waals surface area contributed by atoms with Gasteiger partial charge >= 0.3 is 0 Å². The van der Waals surface area contributed by atoms with Crippen molar-refractivity contribution >= 4 is 11.5 Å². The molecule has 0 radical (unpaired) electrons. The van der Waals surface area contributed by atoms with Crippen LogP contribution in [0.3, 0.4) is 0 Å². The Labute approximate surface area is 191 Å². The van der Waals surface area contributed by atoms with Crippen molar-refractivity contribution in [2.45, 2.75) is 25.3 Å². The minimum absolute atomic E-state index is 0.197. The first-order chi connectivity index (χ1) is 16.1. The van der Waals surface area contributed by atoms with Crippen LogP contribution in [0.5, 0.6) is 0 Å². The molecule has 3 heterocycles. The van der Waals surface area contributed by atoms with Crippen LogP contribution < -0.4 is 4.90 Å². The number of benzene rings is 2. The summed E-state index contributed by atoms with van der Waals surface area (Å²) >= 11 is 0. The molecular weight excluding hydrogens is 420 g/mol. The van der Waals surface area contributed by atoms with Crippen LogP contribution in [0.25, 0.3) is 16.9 Å². The third-order valence-corrected chi connectivity index (χ3v) is 6.60. The van der Waals surface area contributed by atoms with E-state index in [1.54, 1.807) is 12.1 Å². The number of rotatable bonds is 5. The van der Waals surface area contributed by atoms with E-state index in [-0.39, 0.29) is 11.6 Å². The van der Waals surface area contributed by atoms with Crippen LogP contribution in [0, 0.1) is 11.6 Å². The van der Waals surface area contributed by atoms with E-state index < -0.39 is 0 Å². The SMILES string of the molecule is Fc1ccc(CN2CCN(c3ccc4nc(-c5ccc(F)cc5)c(C5CC5)n4n3)CC2)cc1. The van der Waals surface area contributed by atoms with E-state index in [1.165, 1.54) is 24.3 Å². The van der Waals surface area contributed by atoms with Gasteiger partial charge in [0.25, 0.3) is 0 Å². The van der Waals surface area contributed by atoms with Gasteiger partial charge in [-0.1, -0.05) is 12.1 Å². The van der Waals surface area contributed by atoms with E-state index in [0.717, 1.165) is 79.5 Å². The normalized spacial score (nSPS) is 17.1. The van der Waals surface area contributed by atoms with Crippen LogP contribution in [0.4, 0.5) is 14.6 Å². The molecule has 1 aliphatic heterocycles. The zero-order valence-electron chi connectivity index (χ0n) is 18.3. The third kappa shape index (κ3) is 4.09. The van der Waals surface area contributed by atoms with Crippen molar-refractivity contribution in [3.8, 4) is 11.3 Å². The van der Waals surface area contributed by atoms with Crippen molar-refractivity contribution < 1.29 is 8.78 Å². The summed E-state index contributed by atoms with van der Waals surface area (Å²) in [6.45, 7) is 4.46. The van der Waals surface area contributed by atoms with Gasteiger partial charge in [-0.3, -0.25) is 4.90 Å². The number of halogens is 2. The second-order valence-corrected chi connectivity index (χ2v) is 8.98. The Morgan fingerprint density at radius 1 is 0.788 bits per heavy atom. The minimum atomic E-state index is -0.241. The maximum atomic E-state index is 13.4. The molecule has 1 aliphatic carbocycles. The van der Waals surface area contributed by atoms with E-state index >= 15 is 0 Å². The molecule has 1 saturated carbocycles. The van der Waals surface area contributed by atoms with Gasteiger partial charge in [0.15, 0.2) is 5.65 Å². The molecule has 33 heavy (non-hydrogen) atoms. The van der Waals surface area contributed by atoms with Crippen molar-refractivity contribution in [2.24, 2.45) is 0 Å². The highest BCUT2D eigenvalue weighted by molar-refractivity contribution is 5.68. The Bertz CT molecular complexity index is 1270. The van der Waals surface area contributed by atoms with E-state index in [4.69, 9.17) is 10.1 Å². The monoisotopic (exact) mass is 445 g/mol. The topological polar surface area (TPSA) is 36.7 Å². The van der Waals surface area contributed by atoms with Crippen LogP contribution >= 0.6 is 0 Å². The lowest BCUT2D eigenvalue weighted by Gasteiger charge is -2.35. The fraction of sp³-hybridized carbons (Fsp3) is 0.308. The number of anilines is 1. The van der Waals surface area contributed by atoms with Crippen LogP contribution in [-0.4, -0.2) is 45.7 Å². The number of aromatic nitrogens is 3. The largest absolute Gasteiger partial charge is 0.353 e. The minimum Gasteiger partial charge on any atom is -0.353 e. The van der Waals surface area contributed by atoms with Crippen molar-refractivity contribution in [2.75, 3.05) is 31.1 Å². The van der Waals surface area contributed by atoms with Crippen LogP contribution in [-0.2, 0) is 6.54 Å². The van der Waals surface area contributed by atoms with E-state index in [2.05, 4.69) is 9.80 Å². The maximum absolute atomic E-state index is 13.4. The molecule has 1 saturated heterocycles. The molecule has 2 aliphatic rings. The fourth-order valence-electron chi connectivity index (χ4n) is 4.64. The average molecular weight is 446 g/mol. The molecule has 2 aromatic heterocycles. The Balaban J connectivity index is 1.23. The first-order valence-corrected chi connectivity index (χ1v) is 11.5. The lowest BCUT2D eigenvalue weighted by Crippen LogP contribution is -2.46. The van der Waals surface area contributed by atoms with Crippen LogP contribution in [0.15, 0.2) is 60.7 Å². The number of nitrogens with zero attached hydrogens (tertiary/aromatic N) is 5. The standard InChI is InChI=1S/C26H25F2N5/c27-21-7-1-18(2-8-21)17-31-13-15-32(16-14-31)24-12-11-23-29-25(19-5-9-22(28)10-6-19)26(20-3-4-20)33(23)30-24/h1-2,5-12,20H,3-4,13-17H2. The van der Waals surface area contributed by atoms with Gasteiger partial charge in [-0.25, -0.2) is 18.3 Å². The molecular formula is C26H25F2N5. The summed E-state index contributed by atoms with van der Waals surface area (Å²) in [5.74, 6) is 0.969. The molecule has 6 rings (SSSR count). The molecule has 168 valence electrons. The van der Waals surface area contributed by atoms with Crippen molar-refractivity contribution in [3.63, 3.8) is 0 Å². The molecule has 0 amide bonds. The Kier molecular flexibility index (Phi) is 5.06. The predicted octanol–water partition coefficient (Wildman–Crippen LogP) is 4.87. The van der Waals surface area contributed by atoms with Crippen molar-refractivity contribution in [1.82, 2.24) is 19.5 Å². The summed E-state index contributed by atoms with van der Waals surface area (Å²) in [6.07, 6.45) is 2.27. The van der Waals surface area contributed by atoms with Gasteiger partial charge in [-0.05, 0) is 66.9 Å². The molecule has 5 nitrogen and oxygen atoms in total. The Morgan fingerprint density at radius 3 is 2.12 bits per heavy atom. The molecule has 0 N–H and O–H groups in total. The zero-order chi connectivity index (χ0) is 22.4. The molecule has 0 unspecified atom stereocenters. The number of hydrogen-bond acceptors (Lipinski definition) is 4. The summed E-state index contributed by atoms with van der Waals surface area (Å²) in [5.41, 5.74) is 4.93. The predicted molar refractivity (Wildman–Crippen MR) is 124 cm³/mol. The zero-order valence-corrected chi connectivity index (χ0v) is 18.3. The molecule has 0 atom stereocenters. The second-order valence-electron chi connectivity index (χ2n) is 8.98. The Hall–Kier alpha value is -3.32. The quantitative estimate of drug-likeness (QED) is 0.439. The van der Waals surface area contributed by atoms with E-state index in [0.29, 0.717) is 5.92 Å². The number of fused-ring (bicyclic) bond motifs is 1. The highest BCUT2D eigenvalue weighted by Gasteiger charge is 2.32. The average Bonchev–Trinajstić information content (AvgIpc) is 3.61. The molecule has 2 aromatic carbocycles. The third-order valence-electron chi connectivity index (χ3n) is 6.60. The fourth-order valence-corrected chi connectivity index (χ4v) is 4.64. The van der Waals surface area contributed by atoms with Crippen molar-refractivity contribution in [1.29, 1.82) is 0 Å². The summed E-state index contributed by atoms with van der Waals surface area (Å²) < 4.78 is 28.6. The lowest BCUT2D eigenvalue weighted by atomic mass is 10.1. The smallest absolute Gasteiger partial charge is 0.154 e. The first-order valence-electron chi connectivity index (χ1n) is 11.5.